The Labute approximate surface area is 200 Å². The van der Waals surface area contributed by atoms with Crippen LogP contribution in [-0.2, 0) is 0 Å². The molecule has 0 saturated heterocycles. The molecule has 0 spiro atoms. The Balaban J connectivity index is 1.40. The van der Waals surface area contributed by atoms with Crippen LogP contribution in [0.25, 0.3) is 32.3 Å². The number of benzene rings is 4. The Hall–Kier alpha value is -4.16. The number of hydrogen-bond donors (Lipinski definition) is 0. The maximum atomic E-state index is 5.10. The van der Waals surface area contributed by atoms with E-state index in [1.54, 1.807) is 11.3 Å². The molecule has 1 atom stereocenters. The summed E-state index contributed by atoms with van der Waals surface area (Å²) in [5.41, 5.74) is 5.84. The zero-order valence-corrected chi connectivity index (χ0v) is 19.0. The molecule has 4 aromatic carbocycles. The molecular formula is C28H19N5S. The first kappa shape index (κ1) is 19.3. The summed E-state index contributed by atoms with van der Waals surface area (Å²) >= 11 is 1.54. The number of anilines is 1. The van der Waals surface area contributed by atoms with Crippen molar-refractivity contribution in [3.63, 3.8) is 0 Å². The van der Waals surface area contributed by atoms with Gasteiger partial charge < -0.3 is 0 Å². The minimum absolute atomic E-state index is 0.0382. The molecule has 0 aliphatic carbocycles. The molecule has 0 fully saturated rings. The standard InChI is InChI=1S/C28H19N5S/c1-2-10-19(11-3-1)24-17-25(21-14-8-12-18-9-4-5-13-20(18)21)33(32-24)28-31-26-27(34-28)30-23-16-7-6-15-22(23)29-26/h1-16,25H,17H2. The number of rotatable bonds is 3. The van der Waals surface area contributed by atoms with Crippen LogP contribution in [0.3, 0.4) is 0 Å². The second-order valence-electron chi connectivity index (χ2n) is 8.38. The minimum Gasteiger partial charge on any atom is -0.232 e. The second kappa shape index (κ2) is 7.71. The molecule has 0 N–H and O–H groups in total. The lowest BCUT2D eigenvalue weighted by Gasteiger charge is -2.22. The Bertz CT molecular complexity index is 1650. The van der Waals surface area contributed by atoms with Crippen molar-refractivity contribution in [1.82, 2.24) is 15.0 Å². The largest absolute Gasteiger partial charge is 0.232 e. The second-order valence-corrected chi connectivity index (χ2v) is 9.34. The number of nitrogens with zero attached hydrogens (tertiary/aromatic N) is 5. The van der Waals surface area contributed by atoms with Gasteiger partial charge in [-0.25, -0.2) is 15.0 Å². The van der Waals surface area contributed by atoms with Gasteiger partial charge in [0.15, 0.2) is 10.5 Å². The van der Waals surface area contributed by atoms with Crippen LogP contribution < -0.4 is 5.01 Å². The van der Waals surface area contributed by atoms with Crippen LogP contribution in [-0.4, -0.2) is 20.7 Å². The topological polar surface area (TPSA) is 54.3 Å². The van der Waals surface area contributed by atoms with Crippen LogP contribution in [0.15, 0.2) is 102 Å². The van der Waals surface area contributed by atoms with Crippen molar-refractivity contribution in [3.8, 4) is 0 Å². The Kier molecular flexibility index (Phi) is 4.38. The lowest BCUT2D eigenvalue weighted by atomic mass is 9.94. The number of para-hydroxylation sites is 2. The third-order valence-electron chi connectivity index (χ3n) is 6.31. The summed E-state index contributed by atoms with van der Waals surface area (Å²) in [5.74, 6) is 0. The fourth-order valence-corrected chi connectivity index (χ4v) is 5.58. The summed E-state index contributed by atoms with van der Waals surface area (Å²) in [7, 11) is 0. The molecule has 1 aliphatic rings. The third kappa shape index (κ3) is 3.15. The molecule has 6 aromatic rings. The minimum atomic E-state index is 0.0382. The normalized spacial score (nSPS) is 15.9. The number of fused-ring (bicyclic) bond motifs is 3. The Morgan fingerprint density at radius 3 is 2.32 bits per heavy atom. The molecule has 1 unspecified atom stereocenters. The highest BCUT2D eigenvalue weighted by molar-refractivity contribution is 7.21. The molecule has 162 valence electrons. The molecule has 0 saturated carbocycles. The van der Waals surface area contributed by atoms with Crippen LogP contribution in [0.4, 0.5) is 5.13 Å². The van der Waals surface area contributed by atoms with Crippen molar-refractivity contribution < 1.29 is 0 Å². The van der Waals surface area contributed by atoms with Gasteiger partial charge in [-0.15, -0.1) is 0 Å². The van der Waals surface area contributed by atoms with E-state index < -0.39 is 0 Å². The Morgan fingerprint density at radius 1 is 0.706 bits per heavy atom. The molecule has 0 amide bonds. The van der Waals surface area contributed by atoms with Gasteiger partial charge in [0.05, 0.1) is 22.8 Å². The van der Waals surface area contributed by atoms with Crippen LogP contribution in [0, 0.1) is 0 Å². The van der Waals surface area contributed by atoms with Crippen LogP contribution >= 0.6 is 11.3 Å². The van der Waals surface area contributed by atoms with Crippen molar-refractivity contribution >= 4 is 54.5 Å². The van der Waals surface area contributed by atoms with Gasteiger partial charge in [0, 0.05) is 6.42 Å². The van der Waals surface area contributed by atoms with Gasteiger partial charge in [0.1, 0.15) is 0 Å². The molecule has 1 aliphatic heterocycles. The van der Waals surface area contributed by atoms with Crippen molar-refractivity contribution in [2.24, 2.45) is 5.10 Å². The zero-order chi connectivity index (χ0) is 22.5. The lowest BCUT2D eigenvalue weighted by molar-refractivity contribution is 0.712. The van der Waals surface area contributed by atoms with E-state index >= 15 is 0 Å². The molecule has 6 heteroatoms. The molecular weight excluding hydrogens is 438 g/mol. The van der Waals surface area contributed by atoms with Gasteiger partial charge in [0.25, 0.3) is 0 Å². The molecule has 0 bridgehead atoms. The first-order valence-corrected chi connectivity index (χ1v) is 12.1. The highest BCUT2D eigenvalue weighted by atomic mass is 32.1. The van der Waals surface area contributed by atoms with Crippen molar-refractivity contribution in [3.05, 3.63) is 108 Å². The number of hydrazone groups is 1. The van der Waals surface area contributed by atoms with Gasteiger partial charge in [-0.1, -0.05) is 96.3 Å². The van der Waals surface area contributed by atoms with E-state index in [0.717, 1.165) is 38.7 Å². The predicted molar refractivity (Wildman–Crippen MR) is 139 cm³/mol. The number of aromatic nitrogens is 3. The summed E-state index contributed by atoms with van der Waals surface area (Å²) in [6, 6.07) is 33.4. The highest BCUT2D eigenvalue weighted by Crippen LogP contribution is 2.41. The molecule has 3 heterocycles. The summed E-state index contributed by atoms with van der Waals surface area (Å²) in [5, 5.41) is 10.5. The summed E-state index contributed by atoms with van der Waals surface area (Å²) < 4.78 is 0. The molecule has 0 radical (unpaired) electrons. The predicted octanol–water partition coefficient (Wildman–Crippen LogP) is 6.75. The van der Waals surface area contributed by atoms with Gasteiger partial charge in [-0.2, -0.15) is 10.1 Å². The van der Waals surface area contributed by atoms with Crippen LogP contribution in [0.5, 0.6) is 0 Å². The van der Waals surface area contributed by atoms with Crippen LogP contribution in [0.2, 0.25) is 0 Å². The SMILES string of the molecule is c1ccc(C2=NN(c3nc4nc5ccccc5nc4s3)C(c3cccc4ccccc34)C2)cc1. The fraction of sp³-hybridized carbons (Fsp3) is 0.0714. The fourth-order valence-electron chi connectivity index (χ4n) is 4.69. The first-order chi connectivity index (χ1) is 16.8. The van der Waals surface area contributed by atoms with Gasteiger partial charge in [0.2, 0.25) is 5.13 Å². The maximum absolute atomic E-state index is 5.10. The van der Waals surface area contributed by atoms with Crippen molar-refractivity contribution in [2.45, 2.75) is 12.5 Å². The highest BCUT2D eigenvalue weighted by Gasteiger charge is 2.33. The van der Waals surface area contributed by atoms with E-state index in [-0.39, 0.29) is 6.04 Å². The average molecular weight is 458 g/mol. The number of hydrogen-bond acceptors (Lipinski definition) is 6. The quantitative estimate of drug-likeness (QED) is 0.295. The van der Waals surface area contributed by atoms with Crippen LogP contribution in [0.1, 0.15) is 23.6 Å². The lowest BCUT2D eigenvalue weighted by Crippen LogP contribution is -2.18. The van der Waals surface area contributed by atoms with Crippen molar-refractivity contribution in [2.75, 3.05) is 5.01 Å². The van der Waals surface area contributed by atoms with E-state index in [1.807, 2.05) is 30.3 Å². The van der Waals surface area contributed by atoms with E-state index in [1.165, 1.54) is 16.3 Å². The van der Waals surface area contributed by atoms with Gasteiger partial charge in [-0.05, 0) is 34.0 Å². The summed E-state index contributed by atoms with van der Waals surface area (Å²) in [6.07, 6.45) is 0.802. The van der Waals surface area contributed by atoms with Crippen molar-refractivity contribution in [1.29, 1.82) is 0 Å². The van der Waals surface area contributed by atoms with Gasteiger partial charge >= 0.3 is 0 Å². The van der Waals surface area contributed by atoms with Gasteiger partial charge in [-0.3, -0.25) is 0 Å². The average Bonchev–Trinajstić information content (AvgIpc) is 3.51. The molecule has 7 rings (SSSR count). The van der Waals surface area contributed by atoms with E-state index in [2.05, 4.69) is 71.7 Å². The monoisotopic (exact) mass is 457 g/mol. The molecule has 34 heavy (non-hydrogen) atoms. The summed E-state index contributed by atoms with van der Waals surface area (Å²) in [4.78, 5) is 15.3. The molecule has 2 aromatic heterocycles. The first-order valence-electron chi connectivity index (χ1n) is 11.3. The smallest absolute Gasteiger partial charge is 0.210 e. The van der Waals surface area contributed by atoms with E-state index in [0.29, 0.717) is 5.65 Å². The maximum Gasteiger partial charge on any atom is 0.210 e. The van der Waals surface area contributed by atoms with E-state index in [4.69, 9.17) is 20.1 Å². The number of thiazole rings is 1. The third-order valence-corrected chi connectivity index (χ3v) is 7.23. The molecule has 5 nitrogen and oxygen atoms in total. The van der Waals surface area contributed by atoms with E-state index in [9.17, 15) is 0 Å². The Morgan fingerprint density at radius 2 is 1.44 bits per heavy atom. The zero-order valence-electron chi connectivity index (χ0n) is 18.2. The summed E-state index contributed by atoms with van der Waals surface area (Å²) in [6.45, 7) is 0.